The second kappa shape index (κ2) is 1.20. The first-order valence-electron chi connectivity index (χ1n) is 2.47. The predicted octanol–water partition coefficient (Wildman–Crippen LogP) is 0.156. The Labute approximate surface area is 43.1 Å². The molecule has 0 bridgehead atoms. The Hall–Kier alpha value is -0.0800. The maximum absolute atomic E-state index is 8.83. The minimum Gasteiger partial charge on any atom is -0.390 e. The highest BCUT2D eigenvalue weighted by atomic mass is 16.6. The molecule has 0 saturated carbocycles. The molecule has 1 rings (SSSR count). The second-order valence-corrected chi connectivity index (χ2v) is 2.28. The van der Waals surface area contributed by atoms with Crippen molar-refractivity contribution in [1.82, 2.24) is 0 Å². The van der Waals surface area contributed by atoms with Crippen LogP contribution in [-0.4, -0.2) is 23.4 Å². The lowest BCUT2D eigenvalue weighted by Crippen LogP contribution is -2.21. The summed E-state index contributed by atoms with van der Waals surface area (Å²) in [5.41, 5.74) is -0.194. The van der Waals surface area contributed by atoms with Gasteiger partial charge in [-0.2, -0.15) is 0 Å². The highest BCUT2D eigenvalue weighted by Gasteiger charge is 2.43. The van der Waals surface area contributed by atoms with E-state index in [0.29, 0.717) is 6.61 Å². The summed E-state index contributed by atoms with van der Waals surface area (Å²) in [6.07, 6.45) is -0.313. The molecule has 0 aliphatic carbocycles. The van der Waals surface area contributed by atoms with Crippen molar-refractivity contribution in [3.8, 4) is 0 Å². The van der Waals surface area contributed by atoms with Crippen LogP contribution in [-0.2, 0) is 4.74 Å². The fraction of sp³-hybridized carbons (Fsp3) is 1.00. The molecule has 1 aliphatic rings. The lowest BCUT2D eigenvalue weighted by atomic mass is 10.1. The number of hydrogen-bond acceptors (Lipinski definition) is 2. The van der Waals surface area contributed by atoms with Gasteiger partial charge in [0, 0.05) is 0 Å². The van der Waals surface area contributed by atoms with Gasteiger partial charge in [0.1, 0.15) is 5.60 Å². The average molecular weight is 102 g/mol. The molecule has 0 unspecified atom stereocenters. The third-order valence-electron chi connectivity index (χ3n) is 1.48. The van der Waals surface area contributed by atoms with Gasteiger partial charge in [0.25, 0.3) is 0 Å². The third-order valence-corrected chi connectivity index (χ3v) is 1.48. The highest BCUT2D eigenvalue weighted by molar-refractivity contribution is 4.91. The molecule has 0 amide bonds. The first kappa shape index (κ1) is 5.06. The van der Waals surface area contributed by atoms with Crippen LogP contribution in [0.15, 0.2) is 0 Å². The van der Waals surface area contributed by atoms with E-state index in [1.54, 1.807) is 6.92 Å². The van der Waals surface area contributed by atoms with E-state index in [-0.39, 0.29) is 11.7 Å². The van der Waals surface area contributed by atoms with Crippen molar-refractivity contribution in [3.63, 3.8) is 0 Å². The molecule has 1 heterocycles. The van der Waals surface area contributed by atoms with Crippen molar-refractivity contribution in [1.29, 1.82) is 0 Å². The summed E-state index contributed by atoms with van der Waals surface area (Å²) in [5, 5.41) is 8.83. The minimum absolute atomic E-state index is 0.194. The quantitative estimate of drug-likeness (QED) is 0.478. The van der Waals surface area contributed by atoms with Gasteiger partial charge in [0.05, 0.1) is 12.7 Å². The molecule has 1 saturated heterocycles. The van der Waals surface area contributed by atoms with E-state index in [1.807, 2.05) is 6.92 Å². The molecule has 1 N–H and O–H groups in total. The van der Waals surface area contributed by atoms with Crippen LogP contribution < -0.4 is 0 Å². The molecule has 2 nitrogen and oxygen atoms in total. The maximum Gasteiger partial charge on any atom is 0.114 e. The van der Waals surface area contributed by atoms with Crippen LogP contribution in [0.2, 0.25) is 0 Å². The summed E-state index contributed by atoms with van der Waals surface area (Å²) >= 11 is 0. The summed E-state index contributed by atoms with van der Waals surface area (Å²) < 4.78 is 4.91. The predicted molar refractivity (Wildman–Crippen MR) is 26.0 cm³/mol. The average Bonchev–Trinajstić information content (AvgIpc) is 2.21. The summed E-state index contributed by atoms with van der Waals surface area (Å²) in [4.78, 5) is 0. The molecule has 7 heavy (non-hydrogen) atoms. The molecular weight excluding hydrogens is 92.1 g/mol. The lowest BCUT2D eigenvalue weighted by Gasteiger charge is -2.05. The highest BCUT2D eigenvalue weighted by Crippen LogP contribution is 2.29. The molecular formula is C5H10O2. The molecule has 0 aromatic carbocycles. The van der Waals surface area contributed by atoms with Gasteiger partial charge in [-0.3, -0.25) is 0 Å². The zero-order valence-corrected chi connectivity index (χ0v) is 4.64. The number of aliphatic hydroxyl groups is 1. The van der Waals surface area contributed by atoms with E-state index in [4.69, 9.17) is 9.84 Å². The van der Waals surface area contributed by atoms with Crippen molar-refractivity contribution in [3.05, 3.63) is 0 Å². The van der Waals surface area contributed by atoms with Gasteiger partial charge >= 0.3 is 0 Å². The molecule has 0 spiro atoms. The first-order chi connectivity index (χ1) is 3.15. The zero-order valence-electron chi connectivity index (χ0n) is 4.64. The fourth-order valence-electron chi connectivity index (χ4n) is 0.355. The largest absolute Gasteiger partial charge is 0.390 e. The van der Waals surface area contributed by atoms with Crippen LogP contribution in [0.25, 0.3) is 0 Å². The van der Waals surface area contributed by atoms with Crippen molar-refractivity contribution in [2.75, 3.05) is 6.61 Å². The van der Waals surface area contributed by atoms with E-state index in [2.05, 4.69) is 0 Å². The van der Waals surface area contributed by atoms with Crippen molar-refractivity contribution in [2.45, 2.75) is 25.6 Å². The van der Waals surface area contributed by atoms with Crippen LogP contribution in [0.1, 0.15) is 13.8 Å². The Morgan fingerprint density at radius 2 is 2.29 bits per heavy atom. The molecule has 42 valence electrons. The van der Waals surface area contributed by atoms with Crippen LogP contribution >= 0.6 is 0 Å². The van der Waals surface area contributed by atoms with Crippen molar-refractivity contribution in [2.24, 2.45) is 0 Å². The Balaban J connectivity index is 2.39. The SMILES string of the molecule is C[C@H](O)[C@@]1(C)CO1. The number of rotatable bonds is 1. The van der Waals surface area contributed by atoms with Crippen molar-refractivity contribution < 1.29 is 9.84 Å². The number of aliphatic hydroxyl groups excluding tert-OH is 1. The number of ether oxygens (including phenoxy) is 1. The van der Waals surface area contributed by atoms with Crippen LogP contribution in [0.4, 0.5) is 0 Å². The van der Waals surface area contributed by atoms with Gasteiger partial charge in [-0.25, -0.2) is 0 Å². The first-order valence-corrected chi connectivity index (χ1v) is 2.47. The Morgan fingerprint density at radius 3 is 2.29 bits per heavy atom. The lowest BCUT2D eigenvalue weighted by molar-refractivity contribution is 0.101. The summed E-state index contributed by atoms with van der Waals surface area (Å²) in [6, 6.07) is 0. The van der Waals surface area contributed by atoms with Gasteiger partial charge in [-0.1, -0.05) is 0 Å². The fourth-order valence-corrected chi connectivity index (χ4v) is 0.355. The molecule has 1 aliphatic heterocycles. The Morgan fingerprint density at radius 1 is 1.86 bits per heavy atom. The smallest absolute Gasteiger partial charge is 0.114 e. The monoisotopic (exact) mass is 102 g/mol. The molecule has 0 aromatic rings. The standard InChI is InChI=1S/C5H10O2/c1-4(6)5(2)3-7-5/h4,6H,3H2,1-2H3/t4-,5+/m0/s1. The van der Waals surface area contributed by atoms with Crippen LogP contribution in [0.3, 0.4) is 0 Å². The Bertz CT molecular complexity index is 74.1. The van der Waals surface area contributed by atoms with E-state index in [9.17, 15) is 0 Å². The third kappa shape index (κ3) is 0.763. The minimum atomic E-state index is -0.313. The zero-order chi connectivity index (χ0) is 5.49. The van der Waals surface area contributed by atoms with Crippen LogP contribution in [0, 0.1) is 0 Å². The van der Waals surface area contributed by atoms with E-state index in [1.165, 1.54) is 0 Å². The normalized spacial score (nSPS) is 43.3. The molecule has 2 atom stereocenters. The maximum atomic E-state index is 8.83. The van der Waals surface area contributed by atoms with Gasteiger partial charge < -0.3 is 9.84 Å². The van der Waals surface area contributed by atoms with E-state index < -0.39 is 0 Å². The molecule has 1 fully saturated rings. The molecule has 0 radical (unpaired) electrons. The van der Waals surface area contributed by atoms with E-state index in [0.717, 1.165) is 0 Å². The van der Waals surface area contributed by atoms with Gasteiger partial charge in [0.15, 0.2) is 0 Å². The molecule has 0 aromatic heterocycles. The Kier molecular flexibility index (Phi) is 0.869. The number of hydrogen-bond donors (Lipinski definition) is 1. The van der Waals surface area contributed by atoms with Crippen molar-refractivity contribution >= 4 is 0 Å². The van der Waals surface area contributed by atoms with Gasteiger partial charge in [0.2, 0.25) is 0 Å². The topological polar surface area (TPSA) is 32.8 Å². The van der Waals surface area contributed by atoms with Crippen LogP contribution in [0.5, 0.6) is 0 Å². The van der Waals surface area contributed by atoms with Gasteiger partial charge in [-0.15, -0.1) is 0 Å². The molecule has 2 heteroatoms. The van der Waals surface area contributed by atoms with Gasteiger partial charge in [-0.05, 0) is 13.8 Å². The summed E-state index contributed by atoms with van der Waals surface area (Å²) in [6.45, 7) is 4.36. The number of epoxide rings is 1. The summed E-state index contributed by atoms with van der Waals surface area (Å²) in [5.74, 6) is 0. The van der Waals surface area contributed by atoms with E-state index >= 15 is 0 Å². The second-order valence-electron chi connectivity index (χ2n) is 2.28. The summed E-state index contributed by atoms with van der Waals surface area (Å²) in [7, 11) is 0.